The summed E-state index contributed by atoms with van der Waals surface area (Å²) in [4.78, 5) is 25.2. The fourth-order valence-electron chi connectivity index (χ4n) is 2.37. The number of carbonyl (C=O) groups excluding carboxylic acids is 2. The van der Waals surface area contributed by atoms with Gasteiger partial charge in [-0.05, 0) is 45.0 Å². The van der Waals surface area contributed by atoms with Crippen LogP contribution in [-0.4, -0.2) is 31.6 Å². The maximum absolute atomic E-state index is 12.7. The highest BCUT2D eigenvalue weighted by Crippen LogP contribution is 2.26. The van der Waals surface area contributed by atoms with E-state index < -0.39 is 0 Å². The molecule has 0 heterocycles. The van der Waals surface area contributed by atoms with E-state index >= 15 is 0 Å². The molecule has 0 bridgehead atoms. The van der Waals surface area contributed by atoms with Gasteiger partial charge in [0.1, 0.15) is 11.5 Å². The van der Waals surface area contributed by atoms with Crippen LogP contribution in [0, 0.1) is 0 Å². The Morgan fingerprint density at radius 3 is 2.19 bits per heavy atom. The molecule has 0 aliphatic carbocycles. The Balaban J connectivity index is 2.29. The van der Waals surface area contributed by atoms with Crippen molar-refractivity contribution in [2.75, 3.05) is 19.5 Å². The molecular formula is C20H24N2O4. The third-order valence-electron chi connectivity index (χ3n) is 3.56. The fraction of sp³-hybridized carbons (Fsp3) is 0.300. The number of nitrogens with one attached hydrogen (secondary N) is 2. The van der Waals surface area contributed by atoms with Crippen molar-refractivity contribution in [1.29, 1.82) is 0 Å². The zero-order chi connectivity index (χ0) is 19.3. The molecule has 6 nitrogen and oxygen atoms in total. The number of rotatable bonds is 5. The van der Waals surface area contributed by atoms with Crippen LogP contribution in [0.15, 0.2) is 42.5 Å². The highest BCUT2D eigenvalue weighted by atomic mass is 16.5. The van der Waals surface area contributed by atoms with Crippen molar-refractivity contribution in [3.8, 4) is 11.5 Å². The van der Waals surface area contributed by atoms with E-state index in [9.17, 15) is 9.59 Å². The van der Waals surface area contributed by atoms with Gasteiger partial charge in [-0.2, -0.15) is 0 Å². The molecule has 0 aromatic heterocycles. The summed E-state index contributed by atoms with van der Waals surface area (Å²) in [5.74, 6) is 0.345. The van der Waals surface area contributed by atoms with Gasteiger partial charge in [0.25, 0.3) is 11.8 Å². The molecule has 0 fully saturated rings. The summed E-state index contributed by atoms with van der Waals surface area (Å²) >= 11 is 0. The Hall–Kier alpha value is -3.02. The second-order valence-corrected chi connectivity index (χ2v) is 6.77. The quantitative estimate of drug-likeness (QED) is 0.860. The van der Waals surface area contributed by atoms with Crippen LogP contribution in [0.25, 0.3) is 0 Å². The van der Waals surface area contributed by atoms with Crippen molar-refractivity contribution in [1.82, 2.24) is 5.32 Å². The molecule has 2 aromatic carbocycles. The Morgan fingerprint density at radius 1 is 0.885 bits per heavy atom. The largest absolute Gasteiger partial charge is 0.497 e. The van der Waals surface area contributed by atoms with Gasteiger partial charge in [0, 0.05) is 11.6 Å². The van der Waals surface area contributed by atoms with Crippen molar-refractivity contribution in [3.05, 3.63) is 53.6 Å². The Bertz CT molecular complexity index is 810. The Labute approximate surface area is 153 Å². The van der Waals surface area contributed by atoms with E-state index in [1.54, 1.807) is 49.6 Å². The molecule has 2 amide bonds. The molecule has 0 saturated carbocycles. The minimum Gasteiger partial charge on any atom is -0.497 e. The number of para-hydroxylation sites is 1. The van der Waals surface area contributed by atoms with Crippen molar-refractivity contribution in [2.45, 2.75) is 26.3 Å². The lowest BCUT2D eigenvalue weighted by atomic mass is 10.1. The number of ether oxygens (including phenoxy) is 2. The Kier molecular flexibility index (Phi) is 5.87. The number of amides is 2. The minimum atomic E-state index is -0.382. The van der Waals surface area contributed by atoms with Gasteiger partial charge in [-0.25, -0.2) is 0 Å². The van der Waals surface area contributed by atoms with E-state index in [1.165, 1.54) is 7.11 Å². The average molecular weight is 356 g/mol. The standard InChI is InChI=1S/C20H24N2O4/c1-20(2,3)22-19(24)14-8-6-7-9-16(14)21-18(23)15-11-10-13(25-4)12-17(15)26-5/h6-12H,1-5H3,(H,21,23)(H,22,24). The smallest absolute Gasteiger partial charge is 0.259 e. The third-order valence-corrected chi connectivity index (χ3v) is 3.56. The van der Waals surface area contributed by atoms with Crippen LogP contribution in [0.4, 0.5) is 5.69 Å². The summed E-state index contributed by atoms with van der Waals surface area (Å²) in [6.45, 7) is 5.69. The molecule has 2 rings (SSSR count). The maximum Gasteiger partial charge on any atom is 0.259 e. The first-order chi connectivity index (χ1) is 12.2. The number of hydrogen-bond acceptors (Lipinski definition) is 4. The molecular weight excluding hydrogens is 332 g/mol. The summed E-state index contributed by atoms with van der Waals surface area (Å²) in [7, 11) is 3.02. The first-order valence-electron chi connectivity index (χ1n) is 8.20. The lowest BCUT2D eigenvalue weighted by molar-refractivity contribution is 0.0920. The summed E-state index contributed by atoms with van der Waals surface area (Å²) in [5, 5.41) is 5.68. The van der Waals surface area contributed by atoms with E-state index in [-0.39, 0.29) is 17.4 Å². The zero-order valence-electron chi connectivity index (χ0n) is 15.7. The molecule has 6 heteroatoms. The molecule has 0 unspecified atom stereocenters. The highest BCUT2D eigenvalue weighted by Gasteiger charge is 2.20. The normalized spacial score (nSPS) is 10.8. The third kappa shape index (κ3) is 4.75. The molecule has 2 N–H and O–H groups in total. The lowest BCUT2D eigenvalue weighted by Gasteiger charge is -2.21. The van der Waals surface area contributed by atoms with Gasteiger partial charge < -0.3 is 20.1 Å². The number of methoxy groups -OCH3 is 2. The van der Waals surface area contributed by atoms with Gasteiger partial charge in [-0.1, -0.05) is 12.1 Å². The van der Waals surface area contributed by atoms with E-state index in [0.717, 1.165) is 0 Å². The van der Waals surface area contributed by atoms with Crippen molar-refractivity contribution < 1.29 is 19.1 Å². The predicted molar refractivity (Wildman–Crippen MR) is 101 cm³/mol. The van der Waals surface area contributed by atoms with Gasteiger partial charge in [-0.3, -0.25) is 9.59 Å². The van der Waals surface area contributed by atoms with E-state index in [2.05, 4.69) is 10.6 Å². The van der Waals surface area contributed by atoms with E-state index in [0.29, 0.717) is 28.3 Å². The van der Waals surface area contributed by atoms with Crippen LogP contribution in [0.1, 0.15) is 41.5 Å². The number of benzene rings is 2. The molecule has 0 saturated heterocycles. The van der Waals surface area contributed by atoms with Crippen molar-refractivity contribution in [3.63, 3.8) is 0 Å². The van der Waals surface area contributed by atoms with Gasteiger partial charge in [-0.15, -0.1) is 0 Å². The molecule has 2 aromatic rings. The highest BCUT2D eigenvalue weighted by molar-refractivity contribution is 6.10. The number of carbonyl (C=O) groups is 2. The summed E-state index contributed by atoms with van der Waals surface area (Å²) in [5.41, 5.74) is 0.785. The molecule has 0 spiro atoms. The molecule has 0 aliphatic heterocycles. The van der Waals surface area contributed by atoms with Gasteiger partial charge >= 0.3 is 0 Å². The second kappa shape index (κ2) is 7.91. The summed E-state index contributed by atoms with van der Waals surface area (Å²) in [6, 6.07) is 11.8. The summed E-state index contributed by atoms with van der Waals surface area (Å²) in [6.07, 6.45) is 0. The predicted octanol–water partition coefficient (Wildman–Crippen LogP) is 3.48. The first kappa shape index (κ1) is 19.3. The summed E-state index contributed by atoms with van der Waals surface area (Å²) < 4.78 is 10.4. The maximum atomic E-state index is 12.7. The SMILES string of the molecule is COc1ccc(C(=O)Nc2ccccc2C(=O)NC(C)(C)C)c(OC)c1. The van der Waals surface area contributed by atoms with Crippen LogP contribution in [0.5, 0.6) is 11.5 Å². The fourth-order valence-corrected chi connectivity index (χ4v) is 2.37. The number of anilines is 1. The van der Waals surface area contributed by atoms with Gasteiger partial charge in [0.2, 0.25) is 0 Å². The molecule has 0 radical (unpaired) electrons. The van der Waals surface area contributed by atoms with Crippen LogP contribution < -0.4 is 20.1 Å². The van der Waals surface area contributed by atoms with Crippen LogP contribution in [0.3, 0.4) is 0 Å². The molecule has 26 heavy (non-hydrogen) atoms. The molecule has 0 atom stereocenters. The minimum absolute atomic E-state index is 0.255. The van der Waals surface area contributed by atoms with Crippen molar-refractivity contribution >= 4 is 17.5 Å². The van der Waals surface area contributed by atoms with Gasteiger partial charge in [0.15, 0.2) is 0 Å². The van der Waals surface area contributed by atoms with Gasteiger partial charge in [0.05, 0.1) is 31.0 Å². The average Bonchev–Trinajstić information content (AvgIpc) is 2.60. The monoisotopic (exact) mass is 356 g/mol. The van der Waals surface area contributed by atoms with E-state index in [4.69, 9.17) is 9.47 Å². The second-order valence-electron chi connectivity index (χ2n) is 6.77. The first-order valence-corrected chi connectivity index (χ1v) is 8.20. The van der Waals surface area contributed by atoms with E-state index in [1.807, 2.05) is 20.8 Å². The zero-order valence-corrected chi connectivity index (χ0v) is 15.7. The Morgan fingerprint density at radius 2 is 1.58 bits per heavy atom. The topological polar surface area (TPSA) is 76.7 Å². The molecule has 138 valence electrons. The van der Waals surface area contributed by atoms with Crippen molar-refractivity contribution in [2.24, 2.45) is 0 Å². The molecule has 0 aliphatic rings. The number of hydrogen-bond donors (Lipinski definition) is 2. The van der Waals surface area contributed by atoms with Crippen LogP contribution >= 0.6 is 0 Å². The van der Waals surface area contributed by atoms with Crippen LogP contribution in [0.2, 0.25) is 0 Å². The van der Waals surface area contributed by atoms with Crippen LogP contribution in [-0.2, 0) is 0 Å². The lowest BCUT2D eigenvalue weighted by Crippen LogP contribution is -2.40.